The van der Waals surface area contributed by atoms with Gasteiger partial charge in [-0.15, -0.1) is 0 Å². The standard InChI is InChI=1S/C30H32N2O3/c33-28-26-16-7-8-17-27(26)29(34)32(28)20-10-9-15-25-21-24(18-19-31-25)30(35,22-11-3-1-4-12-22)23-13-5-2-6-14-23/h1-8,11-14,16-17,24-25,31,35H,9-10,15,18-21H2. The number of fused-ring (bicyclic) bond motifs is 1. The van der Waals surface area contributed by atoms with Crippen molar-refractivity contribution < 1.29 is 14.7 Å². The highest BCUT2D eigenvalue weighted by Crippen LogP contribution is 2.42. The molecule has 2 atom stereocenters. The van der Waals surface area contributed by atoms with Crippen molar-refractivity contribution in [3.8, 4) is 0 Å². The Labute approximate surface area is 206 Å². The van der Waals surface area contributed by atoms with E-state index in [-0.39, 0.29) is 23.8 Å². The first-order chi connectivity index (χ1) is 17.1. The number of hydrogen-bond acceptors (Lipinski definition) is 4. The molecule has 0 aliphatic carbocycles. The van der Waals surface area contributed by atoms with Crippen molar-refractivity contribution in [2.75, 3.05) is 13.1 Å². The van der Waals surface area contributed by atoms with Crippen LogP contribution in [0.2, 0.25) is 0 Å². The number of aliphatic hydroxyl groups is 1. The van der Waals surface area contributed by atoms with Gasteiger partial charge in [0, 0.05) is 12.6 Å². The van der Waals surface area contributed by atoms with E-state index in [0.29, 0.717) is 17.7 Å². The second kappa shape index (κ2) is 10.1. The largest absolute Gasteiger partial charge is 0.380 e. The van der Waals surface area contributed by atoms with Gasteiger partial charge in [-0.1, -0.05) is 79.2 Å². The lowest BCUT2D eigenvalue weighted by molar-refractivity contribution is -0.00567. The van der Waals surface area contributed by atoms with Crippen LogP contribution in [0.1, 0.15) is 63.9 Å². The predicted octanol–water partition coefficient (Wildman–Crippen LogP) is 4.76. The smallest absolute Gasteiger partial charge is 0.261 e. The van der Waals surface area contributed by atoms with Crippen LogP contribution in [0.3, 0.4) is 0 Å². The first-order valence-corrected chi connectivity index (χ1v) is 12.6. The number of carbonyl (C=O) groups excluding carboxylic acids is 2. The lowest BCUT2D eigenvalue weighted by Crippen LogP contribution is -2.47. The summed E-state index contributed by atoms with van der Waals surface area (Å²) in [4.78, 5) is 26.6. The zero-order valence-corrected chi connectivity index (χ0v) is 19.9. The van der Waals surface area contributed by atoms with Gasteiger partial charge in [-0.2, -0.15) is 0 Å². The molecule has 3 aromatic carbocycles. The van der Waals surface area contributed by atoms with Crippen LogP contribution in [0.25, 0.3) is 0 Å². The fraction of sp³-hybridized carbons (Fsp3) is 0.333. The van der Waals surface area contributed by atoms with Crippen molar-refractivity contribution in [2.24, 2.45) is 5.92 Å². The van der Waals surface area contributed by atoms with Gasteiger partial charge in [0.15, 0.2) is 0 Å². The van der Waals surface area contributed by atoms with Crippen LogP contribution in [0.4, 0.5) is 0 Å². The van der Waals surface area contributed by atoms with Crippen molar-refractivity contribution in [3.05, 3.63) is 107 Å². The Balaban J connectivity index is 1.21. The summed E-state index contributed by atoms with van der Waals surface area (Å²) in [6.07, 6.45) is 4.39. The van der Waals surface area contributed by atoms with E-state index in [1.165, 1.54) is 4.90 Å². The number of carbonyl (C=O) groups is 2. The Morgan fingerprint density at radius 1 is 0.800 bits per heavy atom. The maximum absolute atomic E-state index is 12.6. The molecular weight excluding hydrogens is 436 g/mol. The Bertz CT molecular complexity index is 1100. The molecule has 0 saturated carbocycles. The topological polar surface area (TPSA) is 69.6 Å². The highest BCUT2D eigenvalue weighted by atomic mass is 16.3. The third kappa shape index (κ3) is 4.54. The van der Waals surface area contributed by atoms with Gasteiger partial charge in [0.05, 0.1) is 11.1 Å². The van der Waals surface area contributed by atoms with E-state index in [1.54, 1.807) is 24.3 Å². The number of unbranched alkanes of at least 4 members (excludes halogenated alkanes) is 1. The second-order valence-corrected chi connectivity index (χ2v) is 9.67. The third-order valence-electron chi connectivity index (χ3n) is 7.58. The monoisotopic (exact) mass is 468 g/mol. The van der Waals surface area contributed by atoms with E-state index >= 15 is 0 Å². The molecule has 1 fully saturated rings. The maximum atomic E-state index is 12.6. The van der Waals surface area contributed by atoms with E-state index in [0.717, 1.165) is 49.8 Å². The molecule has 0 aromatic heterocycles. The first-order valence-electron chi connectivity index (χ1n) is 12.6. The number of rotatable bonds is 8. The molecule has 2 heterocycles. The SMILES string of the molecule is O=C1c2ccccc2C(=O)N1CCCCC1CC(C(O)(c2ccccc2)c2ccccc2)CCN1. The molecule has 2 aliphatic rings. The van der Waals surface area contributed by atoms with Crippen LogP contribution < -0.4 is 5.32 Å². The molecule has 0 radical (unpaired) electrons. The zero-order valence-electron chi connectivity index (χ0n) is 19.9. The summed E-state index contributed by atoms with van der Waals surface area (Å²) in [6, 6.07) is 27.3. The van der Waals surface area contributed by atoms with Crippen LogP contribution in [0.15, 0.2) is 84.9 Å². The van der Waals surface area contributed by atoms with Crippen molar-refractivity contribution in [1.82, 2.24) is 10.2 Å². The minimum Gasteiger partial charge on any atom is -0.380 e. The number of nitrogens with zero attached hydrogens (tertiary/aromatic N) is 1. The molecular formula is C30H32N2O3. The fourth-order valence-electron chi connectivity index (χ4n) is 5.73. The third-order valence-corrected chi connectivity index (χ3v) is 7.58. The minimum absolute atomic E-state index is 0.0924. The molecule has 35 heavy (non-hydrogen) atoms. The van der Waals surface area contributed by atoms with Gasteiger partial charge >= 0.3 is 0 Å². The highest BCUT2D eigenvalue weighted by molar-refractivity contribution is 6.21. The van der Waals surface area contributed by atoms with Crippen molar-refractivity contribution in [2.45, 2.75) is 43.7 Å². The fourth-order valence-corrected chi connectivity index (χ4v) is 5.73. The van der Waals surface area contributed by atoms with Gasteiger partial charge in [0.2, 0.25) is 0 Å². The molecule has 180 valence electrons. The second-order valence-electron chi connectivity index (χ2n) is 9.67. The van der Waals surface area contributed by atoms with Crippen LogP contribution in [0.5, 0.6) is 0 Å². The zero-order chi connectivity index (χ0) is 24.3. The van der Waals surface area contributed by atoms with Gasteiger partial charge in [0.1, 0.15) is 5.60 Å². The van der Waals surface area contributed by atoms with Crippen molar-refractivity contribution >= 4 is 11.8 Å². The van der Waals surface area contributed by atoms with Gasteiger partial charge in [-0.05, 0) is 61.4 Å². The summed E-state index contributed by atoms with van der Waals surface area (Å²) in [5.41, 5.74) is 1.85. The summed E-state index contributed by atoms with van der Waals surface area (Å²) >= 11 is 0. The molecule has 2 amide bonds. The van der Waals surface area contributed by atoms with Crippen molar-refractivity contribution in [1.29, 1.82) is 0 Å². The number of amides is 2. The van der Waals surface area contributed by atoms with E-state index in [1.807, 2.05) is 60.7 Å². The number of hydrogen-bond donors (Lipinski definition) is 2. The molecule has 5 rings (SSSR count). The number of nitrogens with one attached hydrogen (secondary N) is 1. The Hall–Kier alpha value is -3.28. The molecule has 1 saturated heterocycles. The Morgan fingerprint density at radius 2 is 1.34 bits per heavy atom. The maximum Gasteiger partial charge on any atom is 0.261 e. The van der Waals surface area contributed by atoms with Gasteiger partial charge in [0.25, 0.3) is 11.8 Å². The quantitative estimate of drug-likeness (QED) is 0.370. The summed E-state index contributed by atoms with van der Waals surface area (Å²) in [7, 11) is 0. The minimum atomic E-state index is -1.04. The predicted molar refractivity (Wildman–Crippen MR) is 136 cm³/mol. The summed E-state index contributed by atoms with van der Waals surface area (Å²) in [5, 5.41) is 15.8. The molecule has 5 nitrogen and oxygen atoms in total. The van der Waals surface area contributed by atoms with Crippen molar-refractivity contribution in [3.63, 3.8) is 0 Å². The normalized spacial score (nSPS) is 20.2. The average Bonchev–Trinajstić information content (AvgIpc) is 3.16. The van der Waals surface area contributed by atoms with E-state index in [9.17, 15) is 14.7 Å². The summed E-state index contributed by atoms with van der Waals surface area (Å²) in [5.74, 6) is -0.274. The average molecular weight is 469 g/mol. The molecule has 0 spiro atoms. The Morgan fingerprint density at radius 3 is 1.91 bits per heavy atom. The van der Waals surface area contributed by atoms with Gasteiger partial charge in [-0.25, -0.2) is 0 Å². The highest BCUT2D eigenvalue weighted by Gasteiger charge is 2.42. The molecule has 3 aromatic rings. The summed E-state index contributed by atoms with van der Waals surface area (Å²) < 4.78 is 0. The Kier molecular flexibility index (Phi) is 6.80. The lowest BCUT2D eigenvalue weighted by Gasteiger charge is -2.42. The molecule has 2 unspecified atom stereocenters. The van der Waals surface area contributed by atoms with E-state index in [2.05, 4.69) is 5.32 Å². The first kappa shape index (κ1) is 23.5. The van der Waals surface area contributed by atoms with Crippen LogP contribution in [-0.4, -0.2) is 41.0 Å². The number of piperidine rings is 1. The van der Waals surface area contributed by atoms with Crippen LogP contribution in [0, 0.1) is 5.92 Å². The molecule has 5 heteroatoms. The van der Waals surface area contributed by atoms with E-state index < -0.39 is 5.60 Å². The molecule has 0 bridgehead atoms. The van der Waals surface area contributed by atoms with Gasteiger partial charge in [-0.3, -0.25) is 14.5 Å². The number of benzene rings is 3. The van der Waals surface area contributed by atoms with Crippen LogP contribution >= 0.6 is 0 Å². The van der Waals surface area contributed by atoms with Crippen LogP contribution in [-0.2, 0) is 5.60 Å². The summed E-state index contributed by atoms with van der Waals surface area (Å²) in [6.45, 7) is 1.30. The van der Waals surface area contributed by atoms with E-state index in [4.69, 9.17) is 0 Å². The molecule has 2 aliphatic heterocycles. The number of imide groups is 1. The lowest BCUT2D eigenvalue weighted by atomic mass is 9.70. The van der Waals surface area contributed by atoms with Gasteiger partial charge < -0.3 is 10.4 Å². The molecule has 2 N–H and O–H groups in total.